The molecule has 1 aromatic heterocycles. The molecule has 8 heteroatoms. The molecule has 24 heavy (non-hydrogen) atoms. The molecule has 0 amide bonds. The van der Waals surface area contributed by atoms with Gasteiger partial charge >= 0.3 is 0 Å². The second-order valence-corrected chi connectivity index (χ2v) is 5.92. The Bertz CT molecular complexity index is 514. The Balaban J connectivity index is 1.94. The smallest absolute Gasteiger partial charge is 0.248 e. The van der Waals surface area contributed by atoms with Crippen molar-refractivity contribution >= 4 is 5.96 Å². The van der Waals surface area contributed by atoms with Gasteiger partial charge in [-0.05, 0) is 27.2 Å². The maximum absolute atomic E-state index is 5.46. The zero-order chi connectivity index (χ0) is 17.4. The SMILES string of the molecule is CCNC(=NCc1nc(C(C)OCC)no1)N(C)CC1CCOC1. The van der Waals surface area contributed by atoms with Crippen LogP contribution in [0.25, 0.3) is 0 Å². The van der Waals surface area contributed by atoms with Gasteiger partial charge < -0.3 is 24.2 Å². The molecule has 0 bridgehead atoms. The molecule has 1 N–H and O–H groups in total. The lowest BCUT2D eigenvalue weighted by molar-refractivity contribution is 0.0683. The van der Waals surface area contributed by atoms with Crippen LogP contribution < -0.4 is 5.32 Å². The molecule has 1 aliphatic rings. The lowest BCUT2D eigenvalue weighted by Gasteiger charge is -2.24. The van der Waals surface area contributed by atoms with Crippen LogP contribution in [-0.4, -0.2) is 61.0 Å². The highest BCUT2D eigenvalue weighted by molar-refractivity contribution is 5.79. The number of aromatic nitrogens is 2. The summed E-state index contributed by atoms with van der Waals surface area (Å²) in [6, 6.07) is 0. The minimum absolute atomic E-state index is 0.172. The summed E-state index contributed by atoms with van der Waals surface area (Å²) in [5.74, 6) is 2.44. The van der Waals surface area contributed by atoms with E-state index < -0.39 is 0 Å². The van der Waals surface area contributed by atoms with Gasteiger partial charge in [-0.3, -0.25) is 0 Å². The Hall–Kier alpha value is -1.67. The van der Waals surface area contributed by atoms with E-state index in [-0.39, 0.29) is 6.10 Å². The van der Waals surface area contributed by atoms with Gasteiger partial charge in [-0.2, -0.15) is 4.98 Å². The molecule has 0 radical (unpaired) electrons. The van der Waals surface area contributed by atoms with Crippen LogP contribution in [0, 0.1) is 5.92 Å². The third-order valence-corrected chi connectivity index (χ3v) is 3.88. The van der Waals surface area contributed by atoms with Gasteiger partial charge in [0.05, 0.1) is 6.61 Å². The maximum Gasteiger partial charge on any atom is 0.248 e. The first kappa shape index (κ1) is 18.7. The molecule has 1 saturated heterocycles. The average molecular weight is 339 g/mol. The predicted molar refractivity (Wildman–Crippen MR) is 90.7 cm³/mol. The van der Waals surface area contributed by atoms with Crippen molar-refractivity contribution < 1.29 is 14.0 Å². The van der Waals surface area contributed by atoms with E-state index in [0.717, 1.165) is 38.7 Å². The molecule has 1 aromatic rings. The molecule has 136 valence electrons. The van der Waals surface area contributed by atoms with E-state index in [1.165, 1.54) is 0 Å². The quantitative estimate of drug-likeness (QED) is 0.569. The molecule has 0 aromatic carbocycles. The normalized spacial score (nSPS) is 19.5. The fourth-order valence-electron chi connectivity index (χ4n) is 2.64. The molecule has 8 nitrogen and oxygen atoms in total. The van der Waals surface area contributed by atoms with Crippen molar-refractivity contribution in [2.45, 2.75) is 39.8 Å². The number of hydrogen-bond donors (Lipinski definition) is 1. The average Bonchev–Trinajstić information content (AvgIpc) is 3.23. The van der Waals surface area contributed by atoms with Crippen molar-refractivity contribution in [3.05, 3.63) is 11.7 Å². The number of guanidine groups is 1. The van der Waals surface area contributed by atoms with Crippen LogP contribution in [0.4, 0.5) is 0 Å². The van der Waals surface area contributed by atoms with Crippen LogP contribution in [0.2, 0.25) is 0 Å². The van der Waals surface area contributed by atoms with Gasteiger partial charge in [-0.1, -0.05) is 5.16 Å². The second-order valence-electron chi connectivity index (χ2n) is 5.92. The van der Waals surface area contributed by atoms with Gasteiger partial charge in [-0.15, -0.1) is 0 Å². The van der Waals surface area contributed by atoms with Crippen LogP contribution >= 0.6 is 0 Å². The minimum Gasteiger partial charge on any atom is -0.381 e. The van der Waals surface area contributed by atoms with Gasteiger partial charge in [0.2, 0.25) is 5.89 Å². The standard InChI is InChI=1S/C16H29N5O3/c1-5-17-16(21(4)10-13-7-8-22-11-13)18-9-14-19-15(20-24-14)12(3)23-6-2/h12-13H,5-11H2,1-4H3,(H,17,18). The predicted octanol–water partition coefficient (Wildman–Crippen LogP) is 1.60. The zero-order valence-electron chi connectivity index (χ0n) is 15.1. The molecule has 2 atom stereocenters. The maximum atomic E-state index is 5.46. The van der Waals surface area contributed by atoms with Crippen molar-refractivity contribution in [2.75, 3.05) is 40.0 Å². The first-order valence-electron chi connectivity index (χ1n) is 8.65. The van der Waals surface area contributed by atoms with Gasteiger partial charge in [0.15, 0.2) is 11.8 Å². The van der Waals surface area contributed by atoms with Gasteiger partial charge in [0.1, 0.15) is 12.6 Å². The molecule has 0 spiro atoms. The van der Waals surface area contributed by atoms with Crippen molar-refractivity contribution in [3.63, 3.8) is 0 Å². The Morgan fingerprint density at radius 3 is 3.00 bits per heavy atom. The monoisotopic (exact) mass is 339 g/mol. The van der Waals surface area contributed by atoms with Crippen molar-refractivity contribution in [1.82, 2.24) is 20.4 Å². The van der Waals surface area contributed by atoms with E-state index in [1.54, 1.807) is 0 Å². The summed E-state index contributed by atoms with van der Waals surface area (Å²) in [4.78, 5) is 11.1. The number of nitrogens with zero attached hydrogens (tertiary/aromatic N) is 4. The second kappa shape index (κ2) is 9.58. The Morgan fingerprint density at radius 2 is 2.33 bits per heavy atom. The highest BCUT2D eigenvalue weighted by Crippen LogP contribution is 2.14. The van der Waals surface area contributed by atoms with E-state index in [2.05, 4.69) is 32.3 Å². The van der Waals surface area contributed by atoms with E-state index >= 15 is 0 Å². The Morgan fingerprint density at radius 1 is 1.50 bits per heavy atom. The minimum atomic E-state index is -0.172. The largest absolute Gasteiger partial charge is 0.381 e. The molecule has 2 heterocycles. The molecule has 0 aliphatic carbocycles. The fourth-order valence-corrected chi connectivity index (χ4v) is 2.64. The van der Waals surface area contributed by atoms with Crippen LogP contribution in [0.15, 0.2) is 9.52 Å². The van der Waals surface area contributed by atoms with Crippen LogP contribution in [0.1, 0.15) is 45.0 Å². The number of aliphatic imine (C=N–C) groups is 1. The summed E-state index contributed by atoms with van der Waals surface area (Å²) >= 11 is 0. The van der Waals surface area contributed by atoms with Gasteiger partial charge in [-0.25, -0.2) is 4.99 Å². The summed E-state index contributed by atoms with van der Waals surface area (Å²) < 4.78 is 16.2. The highest BCUT2D eigenvalue weighted by atomic mass is 16.5. The molecule has 2 unspecified atom stereocenters. The first-order valence-corrected chi connectivity index (χ1v) is 8.65. The van der Waals surface area contributed by atoms with Crippen molar-refractivity contribution in [1.29, 1.82) is 0 Å². The third kappa shape index (κ3) is 5.45. The van der Waals surface area contributed by atoms with E-state index in [1.807, 2.05) is 20.9 Å². The molecule has 0 saturated carbocycles. The Kier molecular flexibility index (Phi) is 7.45. The summed E-state index contributed by atoms with van der Waals surface area (Å²) in [7, 11) is 2.04. The molecule has 1 fully saturated rings. The van der Waals surface area contributed by atoms with Crippen molar-refractivity contribution in [2.24, 2.45) is 10.9 Å². The van der Waals surface area contributed by atoms with Crippen molar-refractivity contribution in [3.8, 4) is 0 Å². The number of ether oxygens (including phenoxy) is 2. The molecule has 1 aliphatic heterocycles. The molecule has 2 rings (SSSR count). The number of rotatable bonds is 8. The molecular weight excluding hydrogens is 310 g/mol. The van der Waals surface area contributed by atoms with Gasteiger partial charge in [0.25, 0.3) is 0 Å². The van der Waals surface area contributed by atoms with Crippen LogP contribution in [0.3, 0.4) is 0 Å². The zero-order valence-corrected chi connectivity index (χ0v) is 15.1. The van der Waals surface area contributed by atoms with E-state index in [9.17, 15) is 0 Å². The third-order valence-electron chi connectivity index (χ3n) is 3.88. The fraction of sp³-hybridized carbons (Fsp3) is 0.812. The Labute approximate surface area is 143 Å². The summed E-state index contributed by atoms with van der Waals surface area (Å²) in [6.45, 7) is 10.3. The summed E-state index contributed by atoms with van der Waals surface area (Å²) in [5, 5.41) is 7.25. The lowest BCUT2D eigenvalue weighted by Crippen LogP contribution is -2.41. The number of nitrogens with one attached hydrogen (secondary N) is 1. The highest BCUT2D eigenvalue weighted by Gasteiger charge is 2.19. The summed E-state index contributed by atoms with van der Waals surface area (Å²) in [5.41, 5.74) is 0. The topological polar surface area (TPSA) is 85.0 Å². The van der Waals surface area contributed by atoms with Crippen LogP contribution in [-0.2, 0) is 16.0 Å². The summed E-state index contributed by atoms with van der Waals surface area (Å²) in [6.07, 6.45) is 0.932. The molecular formula is C16H29N5O3. The van der Waals surface area contributed by atoms with E-state index in [4.69, 9.17) is 14.0 Å². The van der Waals surface area contributed by atoms with E-state index in [0.29, 0.717) is 30.8 Å². The van der Waals surface area contributed by atoms with Crippen LogP contribution in [0.5, 0.6) is 0 Å². The first-order chi connectivity index (χ1) is 11.6. The lowest BCUT2D eigenvalue weighted by atomic mass is 10.1. The number of hydrogen-bond acceptors (Lipinski definition) is 6. The van der Waals surface area contributed by atoms with Gasteiger partial charge in [0, 0.05) is 39.3 Å².